The summed E-state index contributed by atoms with van der Waals surface area (Å²) in [6.45, 7) is 4.70. The molecule has 1 aromatic rings. The molecule has 0 bridgehead atoms. The van der Waals surface area contributed by atoms with Gasteiger partial charge in [0.2, 0.25) is 0 Å². The van der Waals surface area contributed by atoms with E-state index in [1.54, 1.807) is 13.8 Å². The van der Waals surface area contributed by atoms with Gasteiger partial charge in [-0.25, -0.2) is 8.78 Å². The van der Waals surface area contributed by atoms with Crippen molar-refractivity contribution >= 4 is 11.8 Å². The third-order valence-electron chi connectivity index (χ3n) is 5.14. The summed E-state index contributed by atoms with van der Waals surface area (Å²) >= 11 is 0. The highest BCUT2D eigenvalue weighted by atomic mass is 19.3. The highest BCUT2D eigenvalue weighted by molar-refractivity contribution is 5.98. The number of carboxylic acid groups (broad SMARTS) is 1. The molecule has 4 nitrogen and oxygen atoms in total. The van der Waals surface area contributed by atoms with E-state index in [2.05, 4.69) is 5.32 Å². The molecule has 0 heterocycles. The zero-order valence-electron chi connectivity index (χ0n) is 15.6. The summed E-state index contributed by atoms with van der Waals surface area (Å²) in [5.41, 5.74) is 0.463. The number of hydrogen-bond donors (Lipinski definition) is 2. The van der Waals surface area contributed by atoms with Crippen molar-refractivity contribution in [3.05, 3.63) is 34.4 Å². The zero-order valence-corrected chi connectivity index (χ0v) is 15.6. The van der Waals surface area contributed by atoms with Crippen LogP contribution < -0.4 is 5.32 Å². The van der Waals surface area contributed by atoms with Crippen LogP contribution in [0.2, 0.25) is 0 Å². The van der Waals surface area contributed by atoms with Gasteiger partial charge in [0, 0.05) is 24.5 Å². The van der Waals surface area contributed by atoms with E-state index in [9.17, 15) is 23.5 Å². The summed E-state index contributed by atoms with van der Waals surface area (Å²) in [7, 11) is 0. The molecule has 2 rings (SSSR count). The van der Waals surface area contributed by atoms with E-state index in [0.717, 1.165) is 26.2 Å². The summed E-state index contributed by atoms with van der Waals surface area (Å²) in [5.74, 6) is -4.11. The Morgan fingerprint density at radius 1 is 1.31 bits per heavy atom. The molecule has 1 aromatic carbocycles. The molecule has 144 valence electrons. The van der Waals surface area contributed by atoms with Crippen molar-refractivity contribution in [2.24, 2.45) is 5.92 Å². The number of rotatable bonds is 9. The maximum absolute atomic E-state index is 14.2. The minimum Gasteiger partial charge on any atom is -0.480 e. The Kier molecular flexibility index (Phi) is 6.50. The van der Waals surface area contributed by atoms with E-state index in [-0.39, 0.29) is 35.3 Å². The summed E-state index contributed by atoms with van der Waals surface area (Å²) < 4.78 is 28.4. The monoisotopic (exact) mass is 367 g/mol. The number of carbonyl (C=O) groups is 2. The molecular formula is C20H27F2NO3. The number of aliphatic carboxylic acids is 1. The molecule has 0 aromatic heterocycles. The first-order valence-corrected chi connectivity index (χ1v) is 9.23. The molecule has 0 amide bonds. The third kappa shape index (κ3) is 4.47. The Balaban J connectivity index is 2.50. The molecule has 6 heteroatoms. The molecule has 0 spiro atoms. The van der Waals surface area contributed by atoms with E-state index >= 15 is 0 Å². The number of carboxylic acids is 1. The Bertz CT molecular complexity index is 678. The van der Waals surface area contributed by atoms with Crippen LogP contribution in [0.15, 0.2) is 12.1 Å². The third-order valence-corrected chi connectivity index (χ3v) is 5.14. The fourth-order valence-corrected chi connectivity index (χ4v) is 3.40. The Morgan fingerprint density at radius 3 is 2.38 bits per heavy atom. The van der Waals surface area contributed by atoms with E-state index in [1.165, 1.54) is 12.1 Å². The Hall–Kier alpha value is -1.82. The smallest absolute Gasteiger partial charge is 0.325 e. The van der Waals surface area contributed by atoms with Crippen molar-refractivity contribution in [1.82, 2.24) is 5.32 Å². The molecular weight excluding hydrogens is 340 g/mol. The minimum absolute atomic E-state index is 0.179. The van der Waals surface area contributed by atoms with Crippen LogP contribution in [0.25, 0.3) is 0 Å². The fourth-order valence-electron chi connectivity index (χ4n) is 3.40. The molecule has 1 saturated carbocycles. The van der Waals surface area contributed by atoms with E-state index < -0.39 is 17.9 Å². The van der Waals surface area contributed by atoms with E-state index in [1.807, 2.05) is 0 Å². The van der Waals surface area contributed by atoms with E-state index in [0.29, 0.717) is 18.0 Å². The molecule has 1 atom stereocenters. The van der Waals surface area contributed by atoms with Crippen LogP contribution in [-0.4, -0.2) is 23.4 Å². The van der Waals surface area contributed by atoms with E-state index in [4.69, 9.17) is 0 Å². The molecule has 0 aliphatic heterocycles. The first-order chi connectivity index (χ1) is 12.2. The van der Waals surface area contributed by atoms with Gasteiger partial charge >= 0.3 is 5.97 Å². The zero-order chi connectivity index (χ0) is 19.5. The number of halogens is 2. The maximum Gasteiger partial charge on any atom is 0.325 e. The standard InChI is InChI=1S/C20H27F2NO3/c1-4-14-15(17(24)5-2)9-13(10-16(14)20(3,21)22)18(19(25)26)23-11-12-7-6-8-12/h9-10,12,18,23H,4-8,11H2,1-3H3,(H,25,26). The Morgan fingerprint density at radius 2 is 1.96 bits per heavy atom. The van der Waals surface area contributed by atoms with Gasteiger partial charge < -0.3 is 10.4 Å². The molecule has 1 fully saturated rings. The number of alkyl halides is 2. The summed E-state index contributed by atoms with van der Waals surface area (Å²) in [4.78, 5) is 24.1. The summed E-state index contributed by atoms with van der Waals surface area (Å²) in [6.07, 6.45) is 3.69. The molecule has 2 N–H and O–H groups in total. The predicted molar refractivity (Wildman–Crippen MR) is 95.7 cm³/mol. The molecule has 0 radical (unpaired) electrons. The summed E-state index contributed by atoms with van der Waals surface area (Å²) in [5, 5.41) is 12.6. The normalized spacial score (nSPS) is 16.2. The van der Waals surface area contributed by atoms with Crippen LogP contribution in [0.5, 0.6) is 0 Å². The van der Waals surface area contributed by atoms with Gasteiger partial charge in [-0.2, -0.15) is 0 Å². The molecule has 1 aliphatic rings. The Labute approximate surface area is 153 Å². The quantitative estimate of drug-likeness (QED) is 0.632. The second kappa shape index (κ2) is 8.25. The van der Waals surface area contributed by atoms with Crippen molar-refractivity contribution in [1.29, 1.82) is 0 Å². The predicted octanol–water partition coefficient (Wildman–Crippen LogP) is 4.47. The van der Waals surface area contributed by atoms with Gasteiger partial charge in [-0.3, -0.25) is 9.59 Å². The average Bonchev–Trinajstić information content (AvgIpc) is 2.54. The van der Waals surface area contributed by atoms with Gasteiger partial charge in [-0.15, -0.1) is 0 Å². The first kappa shape index (κ1) is 20.5. The van der Waals surface area contributed by atoms with Crippen molar-refractivity contribution in [3.63, 3.8) is 0 Å². The topological polar surface area (TPSA) is 66.4 Å². The van der Waals surface area contributed by atoms with Gasteiger partial charge in [0.25, 0.3) is 5.92 Å². The number of nitrogens with one attached hydrogen (secondary N) is 1. The lowest BCUT2D eigenvalue weighted by Gasteiger charge is -2.28. The molecule has 1 aliphatic carbocycles. The minimum atomic E-state index is -3.15. The van der Waals surface area contributed by atoms with Crippen LogP contribution in [0.1, 0.15) is 79.5 Å². The van der Waals surface area contributed by atoms with Crippen LogP contribution in [-0.2, 0) is 17.1 Å². The number of carbonyl (C=O) groups excluding carboxylic acids is 1. The first-order valence-electron chi connectivity index (χ1n) is 9.23. The lowest BCUT2D eigenvalue weighted by Crippen LogP contribution is -2.35. The number of benzene rings is 1. The van der Waals surface area contributed by atoms with Crippen molar-refractivity contribution in [3.8, 4) is 0 Å². The number of Topliss-reactive ketones (excluding diaryl/α,β-unsaturated/α-hetero) is 1. The highest BCUT2D eigenvalue weighted by Crippen LogP contribution is 2.35. The number of hydrogen-bond acceptors (Lipinski definition) is 3. The SMILES string of the molecule is CCC(=O)c1cc(C(NCC2CCC2)C(=O)O)cc(C(C)(F)F)c1CC. The van der Waals surface area contributed by atoms with Gasteiger partial charge in [0.15, 0.2) is 5.78 Å². The van der Waals surface area contributed by atoms with Crippen LogP contribution in [0.4, 0.5) is 8.78 Å². The van der Waals surface area contributed by atoms with Crippen molar-refractivity contribution in [2.75, 3.05) is 6.54 Å². The van der Waals surface area contributed by atoms with Crippen LogP contribution in [0.3, 0.4) is 0 Å². The molecule has 1 unspecified atom stereocenters. The highest BCUT2D eigenvalue weighted by Gasteiger charge is 2.32. The van der Waals surface area contributed by atoms with Crippen molar-refractivity contribution in [2.45, 2.75) is 64.8 Å². The van der Waals surface area contributed by atoms with Gasteiger partial charge in [0.05, 0.1) is 0 Å². The average molecular weight is 367 g/mol. The fraction of sp³-hybridized carbons (Fsp3) is 0.600. The number of ketones is 1. The van der Waals surface area contributed by atoms with Crippen LogP contribution in [0, 0.1) is 5.92 Å². The van der Waals surface area contributed by atoms with Crippen molar-refractivity contribution < 1.29 is 23.5 Å². The van der Waals surface area contributed by atoms with Gasteiger partial charge in [-0.1, -0.05) is 20.3 Å². The van der Waals surface area contributed by atoms with Gasteiger partial charge in [0.1, 0.15) is 6.04 Å². The largest absolute Gasteiger partial charge is 0.480 e. The lowest BCUT2D eigenvalue weighted by atomic mass is 9.85. The summed E-state index contributed by atoms with van der Waals surface area (Å²) in [6, 6.07) is 1.62. The molecule has 0 saturated heterocycles. The lowest BCUT2D eigenvalue weighted by molar-refractivity contribution is -0.139. The second-order valence-corrected chi connectivity index (χ2v) is 7.09. The second-order valence-electron chi connectivity index (χ2n) is 7.09. The molecule has 26 heavy (non-hydrogen) atoms. The van der Waals surface area contributed by atoms with Gasteiger partial charge in [-0.05, 0) is 55.0 Å². The maximum atomic E-state index is 14.2. The van der Waals surface area contributed by atoms with Crippen LogP contribution >= 0.6 is 0 Å².